The monoisotopic (exact) mass is 391 g/mol. The van der Waals surface area contributed by atoms with Gasteiger partial charge in [-0.05, 0) is 47.0 Å². The number of ether oxygens (including phenoxy) is 1. The first-order chi connectivity index (χ1) is 12.2. The maximum absolute atomic E-state index is 9.68. The molecular weight excluding hydrogens is 374 g/mol. The number of hydrogen-bond donors (Lipinski definition) is 0. The Morgan fingerprint density at radius 1 is 1.08 bits per heavy atom. The van der Waals surface area contributed by atoms with Crippen LogP contribution in [0.2, 0.25) is 0 Å². The number of fused-ring (bicyclic) bond motifs is 1. The van der Waals surface area contributed by atoms with E-state index in [1.807, 2.05) is 48.5 Å². The highest BCUT2D eigenvalue weighted by Crippen LogP contribution is 2.32. The van der Waals surface area contributed by atoms with Crippen molar-refractivity contribution in [3.63, 3.8) is 0 Å². The predicted octanol–water partition coefficient (Wildman–Crippen LogP) is 6.46. The minimum atomic E-state index is 0.616. The molecule has 0 fully saturated rings. The summed E-state index contributed by atoms with van der Waals surface area (Å²) in [6.07, 6.45) is 2.87. The third kappa shape index (κ3) is 3.92. The van der Waals surface area contributed by atoms with Gasteiger partial charge in [-0.2, -0.15) is 5.26 Å². The largest absolute Gasteiger partial charge is 0.493 e. The number of allylic oxidation sites excluding steroid dienone is 1. The van der Waals surface area contributed by atoms with Crippen LogP contribution in [0.25, 0.3) is 22.4 Å². The van der Waals surface area contributed by atoms with Gasteiger partial charge in [-0.3, -0.25) is 0 Å². The maximum atomic E-state index is 9.68. The summed E-state index contributed by atoms with van der Waals surface area (Å²) in [6, 6.07) is 22.3. The van der Waals surface area contributed by atoms with Crippen LogP contribution < -0.4 is 4.74 Å². The summed E-state index contributed by atoms with van der Waals surface area (Å²) in [4.78, 5) is 0. The average Bonchev–Trinajstić information content (AvgIpc) is 2.65. The molecule has 25 heavy (non-hydrogen) atoms. The Morgan fingerprint density at radius 3 is 2.56 bits per heavy atom. The molecule has 0 unspecified atom stereocenters. The van der Waals surface area contributed by atoms with Crippen LogP contribution >= 0.6 is 15.9 Å². The van der Waals surface area contributed by atoms with Crippen LogP contribution in [0.4, 0.5) is 0 Å². The molecule has 0 amide bonds. The van der Waals surface area contributed by atoms with Gasteiger partial charge in [-0.25, -0.2) is 0 Å². The number of nitrogens with zero attached hydrogens (tertiary/aromatic N) is 1. The fourth-order valence-corrected chi connectivity index (χ4v) is 2.98. The SMILES string of the molecule is CCCOc1ccc2ccccc2c1/C=C(\C#N)c1ccc(Br)cc1. The number of benzene rings is 3. The van der Waals surface area contributed by atoms with Crippen LogP contribution in [-0.4, -0.2) is 6.61 Å². The quantitative estimate of drug-likeness (QED) is 0.369. The number of nitriles is 1. The molecule has 0 aliphatic heterocycles. The Balaban J connectivity index is 2.17. The van der Waals surface area contributed by atoms with Gasteiger partial charge in [0, 0.05) is 10.0 Å². The molecule has 3 heteroatoms. The molecule has 0 saturated heterocycles. The summed E-state index contributed by atoms with van der Waals surface area (Å²) >= 11 is 3.43. The molecule has 0 aromatic heterocycles. The standard InChI is InChI=1S/C22H18BrNO/c1-2-13-25-22-12-9-17-5-3-4-6-20(17)21(22)14-18(15-24)16-7-10-19(23)11-8-16/h3-12,14H,2,13H2,1H3/b18-14+. The number of rotatable bonds is 5. The highest BCUT2D eigenvalue weighted by molar-refractivity contribution is 9.10. The van der Waals surface area contributed by atoms with E-state index in [-0.39, 0.29) is 0 Å². The minimum Gasteiger partial charge on any atom is -0.493 e. The molecule has 0 saturated carbocycles. The zero-order chi connectivity index (χ0) is 17.6. The molecular formula is C22H18BrNO. The molecule has 3 aromatic carbocycles. The van der Waals surface area contributed by atoms with Gasteiger partial charge in [0.1, 0.15) is 5.75 Å². The van der Waals surface area contributed by atoms with Crippen molar-refractivity contribution >= 4 is 38.4 Å². The molecule has 2 nitrogen and oxygen atoms in total. The van der Waals surface area contributed by atoms with Gasteiger partial charge in [0.2, 0.25) is 0 Å². The van der Waals surface area contributed by atoms with Crippen LogP contribution in [-0.2, 0) is 0 Å². The fourth-order valence-electron chi connectivity index (χ4n) is 2.72. The molecule has 0 spiro atoms. The van der Waals surface area contributed by atoms with Crippen LogP contribution in [0.15, 0.2) is 65.1 Å². The average molecular weight is 392 g/mol. The second-order valence-corrected chi connectivity index (χ2v) is 6.64. The van der Waals surface area contributed by atoms with Crippen molar-refractivity contribution in [1.29, 1.82) is 5.26 Å². The van der Waals surface area contributed by atoms with Gasteiger partial charge in [0.05, 0.1) is 18.2 Å². The molecule has 0 radical (unpaired) electrons. The van der Waals surface area contributed by atoms with E-state index in [9.17, 15) is 5.26 Å². The van der Waals surface area contributed by atoms with Crippen LogP contribution in [0.5, 0.6) is 5.75 Å². The zero-order valence-electron chi connectivity index (χ0n) is 14.0. The van der Waals surface area contributed by atoms with E-state index in [1.165, 1.54) is 0 Å². The Kier molecular flexibility index (Phi) is 5.53. The van der Waals surface area contributed by atoms with E-state index < -0.39 is 0 Å². The Hall–Kier alpha value is -2.57. The lowest BCUT2D eigenvalue weighted by Crippen LogP contribution is -1.97. The summed E-state index contributed by atoms with van der Waals surface area (Å²) < 4.78 is 6.92. The molecule has 0 atom stereocenters. The van der Waals surface area contributed by atoms with Gasteiger partial charge in [0.25, 0.3) is 0 Å². The lowest BCUT2D eigenvalue weighted by atomic mass is 9.98. The summed E-state index contributed by atoms with van der Waals surface area (Å²) in [6.45, 7) is 2.73. The summed E-state index contributed by atoms with van der Waals surface area (Å²) in [5.41, 5.74) is 2.45. The second-order valence-electron chi connectivity index (χ2n) is 5.72. The van der Waals surface area contributed by atoms with E-state index in [0.29, 0.717) is 12.2 Å². The summed E-state index contributed by atoms with van der Waals surface area (Å²) in [5, 5.41) is 11.9. The summed E-state index contributed by atoms with van der Waals surface area (Å²) in [7, 11) is 0. The van der Waals surface area contributed by atoms with Crippen molar-refractivity contribution in [2.45, 2.75) is 13.3 Å². The molecule has 3 rings (SSSR count). The van der Waals surface area contributed by atoms with E-state index in [4.69, 9.17) is 4.74 Å². The Labute approximate surface area is 156 Å². The first-order valence-electron chi connectivity index (χ1n) is 8.25. The van der Waals surface area contributed by atoms with Crippen molar-refractivity contribution in [3.05, 3.63) is 76.3 Å². The Morgan fingerprint density at radius 2 is 1.84 bits per heavy atom. The van der Waals surface area contributed by atoms with E-state index >= 15 is 0 Å². The van der Waals surface area contributed by atoms with Crippen LogP contribution in [0.1, 0.15) is 24.5 Å². The zero-order valence-corrected chi connectivity index (χ0v) is 15.6. The predicted molar refractivity (Wildman–Crippen MR) is 107 cm³/mol. The van der Waals surface area contributed by atoms with Crippen molar-refractivity contribution in [1.82, 2.24) is 0 Å². The van der Waals surface area contributed by atoms with E-state index in [0.717, 1.165) is 38.5 Å². The molecule has 124 valence electrons. The normalized spacial score (nSPS) is 11.3. The van der Waals surface area contributed by atoms with Crippen LogP contribution in [0, 0.1) is 11.3 Å². The van der Waals surface area contributed by atoms with Crippen LogP contribution in [0.3, 0.4) is 0 Å². The van der Waals surface area contributed by atoms with E-state index in [2.05, 4.69) is 47.1 Å². The molecule has 0 aliphatic carbocycles. The van der Waals surface area contributed by atoms with Gasteiger partial charge < -0.3 is 4.74 Å². The fraction of sp³-hybridized carbons (Fsp3) is 0.136. The molecule has 0 heterocycles. The van der Waals surface area contributed by atoms with E-state index in [1.54, 1.807) is 0 Å². The molecule has 0 aliphatic rings. The Bertz CT molecular complexity index is 952. The third-order valence-corrected chi connectivity index (χ3v) is 4.49. The third-order valence-electron chi connectivity index (χ3n) is 3.96. The van der Waals surface area contributed by atoms with Gasteiger partial charge in [-0.15, -0.1) is 0 Å². The molecule has 0 bridgehead atoms. The van der Waals surface area contributed by atoms with Crippen molar-refractivity contribution in [3.8, 4) is 11.8 Å². The smallest absolute Gasteiger partial charge is 0.127 e. The second kappa shape index (κ2) is 8.00. The topological polar surface area (TPSA) is 33.0 Å². The van der Waals surface area contributed by atoms with Crippen molar-refractivity contribution in [2.24, 2.45) is 0 Å². The van der Waals surface area contributed by atoms with Gasteiger partial charge in [-0.1, -0.05) is 65.3 Å². The first kappa shape index (κ1) is 17.3. The highest BCUT2D eigenvalue weighted by atomic mass is 79.9. The molecule has 0 N–H and O–H groups in total. The maximum Gasteiger partial charge on any atom is 0.127 e. The number of halogens is 1. The van der Waals surface area contributed by atoms with Crippen molar-refractivity contribution in [2.75, 3.05) is 6.61 Å². The minimum absolute atomic E-state index is 0.616. The number of hydrogen-bond acceptors (Lipinski definition) is 2. The lowest BCUT2D eigenvalue weighted by molar-refractivity contribution is 0.317. The molecule has 3 aromatic rings. The van der Waals surface area contributed by atoms with Crippen molar-refractivity contribution < 1.29 is 4.74 Å². The van der Waals surface area contributed by atoms with Gasteiger partial charge >= 0.3 is 0 Å². The first-order valence-corrected chi connectivity index (χ1v) is 9.04. The lowest BCUT2D eigenvalue weighted by Gasteiger charge is -2.12. The highest BCUT2D eigenvalue weighted by Gasteiger charge is 2.09. The summed E-state index contributed by atoms with van der Waals surface area (Å²) in [5.74, 6) is 0.811. The van der Waals surface area contributed by atoms with Gasteiger partial charge in [0.15, 0.2) is 0 Å².